The summed E-state index contributed by atoms with van der Waals surface area (Å²) < 4.78 is 14.7. The summed E-state index contributed by atoms with van der Waals surface area (Å²) in [4.78, 5) is 15.6. The summed E-state index contributed by atoms with van der Waals surface area (Å²) in [5, 5.41) is 2.57. The normalized spacial score (nSPS) is 10.7. The molecule has 1 amide bonds. The number of halogens is 1. The summed E-state index contributed by atoms with van der Waals surface area (Å²) in [5.74, 6) is -0.713. The van der Waals surface area contributed by atoms with Crippen LogP contribution in [0.5, 0.6) is 0 Å². The molecule has 0 aliphatic carbocycles. The van der Waals surface area contributed by atoms with Crippen LogP contribution in [0.3, 0.4) is 0 Å². The summed E-state index contributed by atoms with van der Waals surface area (Å²) in [6, 6.07) is 7.97. The molecule has 0 atom stereocenters. The molecule has 1 N–H and O–H groups in total. The van der Waals surface area contributed by atoms with E-state index in [1.165, 1.54) is 12.1 Å². The summed E-state index contributed by atoms with van der Waals surface area (Å²) in [6.07, 6.45) is 1.83. The molecule has 0 aliphatic heterocycles. The van der Waals surface area contributed by atoms with Crippen LogP contribution in [-0.4, -0.2) is 15.5 Å². The van der Waals surface area contributed by atoms with Gasteiger partial charge in [0.25, 0.3) is 5.91 Å². The average molecular weight is 247 g/mol. The number of anilines is 1. The molecular formula is C13H14FN3O. The van der Waals surface area contributed by atoms with Gasteiger partial charge in [-0.25, -0.2) is 4.98 Å². The molecule has 18 heavy (non-hydrogen) atoms. The molecule has 5 heteroatoms. The van der Waals surface area contributed by atoms with Crippen molar-refractivity contribution in [1.29, 1.82) is 0 Å². The van der Waals surface area contributed by atoms with E-state index in [-0.39, 0.29) is 17.8 Å². The first-order chi connectivity index (χ1) is 8.58. The topological polar surface area (TPSA) is 46.9 Å². The molecule has 0 fully saturated rings. The molecule has 94 valence electrons. The van der Waals surface area contributed by atoms with Gasteiger partial charge in [0.05, 0.1) is 0 Å². The van der Waals surface area contributed by atoms with Gasteiger partial charge >= 0.3 is 0 Å². The summed E-state index contributed by atoms with van der Waals surface area (Å²) >= 11 is 0. The molecular weight excluding hydrogens is 233 g/mol. The minimum Gasteiger partial charge on any atom is -0.341 e. The van der Waals surface area contributed by atoms with Crippen LogP contribution in [0.25, 0.3) is 0 Å². The third-order valence-electron chi connectivity index (χ3n) is 2.52. The van der Waals surface area contributed by atoms with Crippen molar-refractivity contribution < 1.29 is 9.18 Å². The highest BCUT2D eigenvalue weighted by Crippen LogP contribution is 2.13. The lowest BCUT2D eigenvalue weighted by molar-refractivity contribution is 0.101. The number of aromatic nitrogens is 2. The Morgan fingerprint density at radius 1 is 1.33 bits per heavy atom. The molecule has 0 aromatic carbocycles. The molecule has 0 bridgehead atoms. The number of hydrogen-bond donors (Lipinski definition) is 1. The number of carbonyl (C=O) groups is 1. The van der Waals surface area contributed by atoms with Crippen LogP contribution in [0.2, 0.25) is 0 Å². The zero-order chi connectivity index (χ0) is 13.1. The molecule has 4 nitrogen and oxygen atoms in total. The van der Waals surface area contributed by atoms with Crippen molar-refractivity contribution in [2.45, 2.75) is 19.9 Å². The van der Waals surface area contributed by atoms with Crippen molar-refractivity contribution in [1.82, 2.24) is 9.55 Å². The summed E-state index contributed by atoms with van der Waals surface area (Å²) in [5.41, 5.74) is 0.524. The second kappa shape index (κ2) is 5.00. The Hall–Kier alpha value is -2.17. The zero-order valence-corrected chi connectivity index (χ0v) is 10.2. The first kappa shape index (κ1) is 12.3. The van der Waals surface area contributed by atoms with E-state index < -0.39 is 5.95 Å². The highest BCUT2D eigenvalue weighted by atomic mass is 19.1. The lowest BCUT2D eigenvalue weighted by Gasteiger charge is -2.12. The Balaban J connectivity index is 2.20. The van der Waals surface area contributed by atoms with E-state index in [1.54, 1.807) is 18.2 Å². The Morgan fingerprint density at radius 3 is 2.78 bits per heavy atom. The SMILES string of the molecule is CC(C)n1cccc1C(=O)Nc1cccc(F)n1. The smallest absolute Gasteiger partial charge is 0.273 e. The average Bonchev–Trinajstić information content (AvgIpc) is 2.77. The zero-order valence-electron chi connectivity index (χ0n) is 10.2. The van der Waals surface area contributed by atoms with Gasteiger partial charge in [-0.05, 0) is 38.1 Å². The Kier molecular flexibility index (Phi) is 3.41. The van der Waals surface area contributed by atoms with Crippen LogP contribution in [-0.2, 0) is 0 Å². The van der Waals surface area contributed by atoms with Crippen molar-refractivity contribution in [3.05, 3.63) is 48.2 Å². The van der Waals surface area contributed by atoms with Gasteiger partial charge in [0.1, 0.15) is 11.5 Å². The maximum absolute atomic E-state index is 12.9. The van der Waals surface area contributed by atoms with E-state index in [1.807, 2.05) is 24.6 Å². The third-order valence-corrected chi connectivity index (χ3v) is 2.52. The molecule has 0 aliphatic rings. The fourth-order valence-electron chi connectivity index (χ4n) is 1.69. The maximum atomic E-state index is 12.9. The molecule has 0 saturated heterocycles. The quantitative estimate of drug-likeness (QED) is 0.848. The van der Waals surface area contributed by atoms with E-state index in [2.05, 4.69) is 10.3 Å². The molecule has 2 heterocycles. The summed E-state index contributed by atoms with van der Waals surface area (Å²) in [7, 11) is 0. The highest BCUT2D eigenvalue weighted by Gasteiger charge is 2.13. The molecule has 0 spiro atoms. The van der Waals surface area contributed by atoms with Gasteiger partial charge in [-0.1, -0.05) is 6.07 Å². The second-order valence-electron chi connectivity index (χ2n) is 4.19. The fourth-order valence-corrected chi connectivity index (χ4v) is 1.69. The molecule has 2 rings (SSSR count). The van der Waals surface area contributed by atoms with Crippen LogP contribution < -0.4 is 5.32 Å². The van der Waals surface area contributed by atoms with Crippen LogP contribution in [0, 0.1) is 5.95 Å². The third kappa shape index (κ3) is 2.56. The van der Waals surface area contributed by atoms with E-state index >= 15 is 0 Å². The van der Waals surface area contributed by atoms with E-state index in [0.29, 0.717) is 5.69 Å². The largest absolute Gasteiger partial charge is 0.341 e. The van der Waals surface area contributed by atoms with Gasteiger partial charge in [0, 0.05) is 12.2 Å². The lowest BCUT2D eigenvalue weighted by Crippen LogP contribution is -2.18. The molecule has 2 aromatic rings. The molecule has 0 saturated carbocycles. The first-order valence-corrected chi connectivity index (χ1v) is 5.68. The van der Waals surface area contributed by atoms with Crippen LogP contribution in [0.1, 0.15) is 30.4 Å². The van der Waals surface area contributed by atoms with Crippen LogP contribution in [0.4, 0.5) is 10.2 Å². The van der Waals surface area contributed by atoms with Crippen molar-refractivity contribution >= 4 is 11.7 Å². The number of rotatable bonds is 3. The van der Waals surface area contributed by atoms with Gasteiger partial charge in [-0.2, -0.15) is 4.39 Å². The van der Waals surface area contributed by atoms with Crippen molar-refractivity contribution in [2.75, 3.05) is 5.32 Å². The molecule has 2 aromatic heterocycles. The van der Waals surface area contributed by atoms with Gasteiger partial charge in [0.15, 0.2) is 0 Å². The molecule has 0 radical (unpaired) electrons. The van der Waals surface area contributed by atoms with Crippen LogP contribution >= 0.6 is 0 Å². The van der Waals surface area contributed by atoms with Crippen molar-refractivity contribution in [2.24, 2.45) is 0 Å². The second-order valence-corrected chi connectivity index (χ2v) is 4.19. The predicted octanol–water partition coefficient (Wildman–Crippen LogP) is 2.86. The van der Waals surface area contributed by atoms with Gasteiger partial charge in [0.2, 0.25) is 5.95 Å². The monoisotopic (exact) mass is 247 g/mol. The maximum Gasteiger partial charge on any atom is 0.273 e. The number of hydrogen-bond acceptors (Lipinski definition) is 2. The minimum atomic E-state index is -0.618. The number of nitrogens with zero attached hydrogens (tertiary/aromatic N) is 2. The molecule has 0 unspecified atom stereocenters. The Labute approximate surface area is 104 Å². The Bertz CT molecular complexity index is 563. The lowest BCUT2D eigenvalue weighted by atomic mass is 10.3. The number of nitrogens with one attached hydrogen (secondary N) is 1. The number of carbonyl (C=O) groups excluding carboxylic acids is 1. The highest BCUT2D eigenvalue weighted by molar-refractivity contribution is 6.02. The van der Waals surface area contributed by atoms with Crippen molar-refractivity contribution in [3.8, 4) is 0 Å². The first-order valence-electron chi connectivity index (χ1n) is 5.68. The number of pyridine rings is 1. The fraction of sp³-hybridized carbons (Fsp3) is 0.231. The standard InChI is InChI=1S/C13H14FN3O/c1-9(2)17-8-4-5-10(17)13(18)16-12-7-3-6-11(14)15-12/h3-9H,1-2H3,(H,15,16,18). The number of amides is 1. The van der Waals surface area contributed by atoms with E-state index in [4.69, 9.17) is 0 Å². The van der Waals surface area contributed by atoms with Crippen LogP contribution in [0.15, 0.2) is 36.5 Å². The van der Waals surface area contributed by atoms with Crippen molar-refractivity contribution in [3.63, 3.8) is 0 Å². The van der Waals surface area contributed by atoms with E-state index in [0.717, 1.165) is 0 Å². The predicted molar refractivity (Wildman–Crippen MR) is 67.0 cm³/mol. The Morgan fingerprint density at radius 2 is 2.11 bits per heavy atom. The van der Waals surface area contributed by atoms with Gasteiger partial charge in [-0.15, -0.1) is 0 Å². The minimum absolute atomic E-state index is 0.182. The van der Waals surface area contributed by atoms with Gasteiger partial charge in [-0.3, -0.25) is 4.79 Å². The van der Waals surface area contributed by atoms with E-state index in [9.17, 15) is 9.18 Å². The summed E-state index contributed by atoms with van der Waals surface area (Å²) in [6.45, 7) is 3.97. The van der Waals surface area contributed by atoms with Gasteiger partial charge < -0.3 is 9.88 Å².